The van der Waals surface area contributed by atoms with Crippen molar-refractivity contribution in [3.8, 4) is 11.5 Å². The molecule has 2 aromatic carbocycles. The molecular weight excluding hydrogens is 280 g/mol. The van der Waals surface area contributed by atoms with Gasteiger partial charge >= 0.3 is 5.97 Å². The number of hydrogen-bond donors (Lipinski definition) is 0. The van der Waals surface area contributed by atoms with Crippen molar-refractivity contribution in [1.29, 1.82) is 0 Å². The van der Waals surface area contributed by atoms with E-state index in [2.05, 4.69) is 0 Å². The monoisotopic (exact) mass is 300 g/mol. The number of ether oxygens (including phenoxy) is 3. The summed E-state index contributed by atoms with van der Waals surface area (Å²) in [7, 11) is 4.69. The molecule has 0 spiro atoms. The van der Waals surface area contributed by atoms with Crippen LogP contribution in [0.15, 0.2) is 42.5 Å². The predicted octanol–water partition coefficient (Wildman–Crippen LogP) is 3.28. The Labute approximate surface area is 130 Å². The Morgan fingerprint density at radius 2 is 1.64 bits per heavy atom. The summed E-state index contributed by atoms with van der Waals surface area (Å²) in [5.41, 5.74) is 2.81. The van der Waals surface area contributed by atoms with Crippen LogP contribution in [-0.4, -0.2) is 27.3 Å². The predicted molar refractivity (Wildman–Crippen MR) is 84.7 cm³/mol. The zero-order chi connectivity index (χ0) is 15.9. The minimum Gasteiger partial charge on any atom is -0.497 e. The highest BCUT2D eigenvalue weighted by molar-refractivity contribution is 5.89. The van der Waals surface area contributed by atoms with Crippen molar-refractivity contribution in [2.75, 3.05) is 21.3 Å². The zero-order valence-electron chi connectivity index (χ0n) is 13.1. The molecule has 22 heavy (non-hydrogen) atoms. The van der Waals surface area contributed by atoms with Crippen molar-refractivity contribution in [3.63, 3.8) is 0 Å². The van der Waals surface area contributed by atoms with Gasteiger partial charge in [-0.25, -0.2) is 4.79 Å². The van der Waals surface area contributed by atoms with Gasteiger partial charge in [0, 0.05) is 0 Å². The third-order valence-electron chi connectivity index (χ3n) is 3.55. The maximum Gasteiger partial charge on any atom is 0.337 e. The molecule has 116 valence electrons. The van der Waals surface area contributed by atoms with E-state index in [0.717, 1.165) is 35.5 Å². The van der Waals surface area contributed by atoms with Crippen molar-refractivity contribution < 1.29 is 19.0 Å². The number of methoxy groups -OCH3 is 3. The van der Waals surface area contributed by atoms with Gasteiger partial charge in [0.15, 0.2) is 0 Å². The number of rotatable bonds is 6. The number of carbonyl (C=O) groups is 1. The maximum atomic E-state index is 11.4. The molecule has 0 aromatic heterocycles. The Kier molecular flexibility index (Phi) is 5.42. The van der Waals surface area contributed by atoms with Crippen LogP contribution in [0, 0.1) is 0 Å². The highest BCUT2D eigenvalue weighted by atomic mass is 16.5. The molecule has 0 N–H and O–H groups in total. The number of aryl methyl sites for hydroxylation is 2. The van der Waals surface area contributed by atoms with Crippen LogP contribution in [0.3, 0.4) is 0 Å². The molecular formula is C18H20O4. The lowest BCUT2D eigenvalue weighted by atomic mass is 10.0. The number of hydrogen-bond acceptors (Lipinski definition) is 4. The lowest BCUT2D eigenvalue weighted by Gasteiger charge is -2.10. The van der Waals surface area contributed by atoms with E-state index in [0.29, 0.717) is 5.56 Å². The molecule has 0 bridgehead atoms. The quantitative estimate of drug-likeness (QED) is 0.768. The van der Waals surface area contributed by atoms with Crippen LogP contribution < -0.4 is 9.47 Å². The van der Waals surface area contributed by atoms with E-state index >= 15 is 0 Å². The first-order valence-electron chi connectivity index (χ1n) is 7.06. The summed E-state index contributed by atoms with van der Waals surface area (Å²) >= 11 is 0. The molecule has 2 rings (SSSR count). The molecule has 0 saturated carbocycles. The second-order valence-electron chi connectivity index (χ2n) is 4.87. The molecule has 0 radical (unpaired) electrons. The Morgan fingerprint density at radius 1 is 0.909 bits per heavy atom. The maximum absolute atomic E-state index is 11.4. The molecule has 0 aliphatic rings. The Hall–Kier alpha value is -2.49. The SMILES string of the molecule is COC(=O)c1ccc(CCc2cc(OC)ccc2OC)cc1. The average Bonchev–Trinajstić information content (AvgIpc) is 2.59. The fraction of sp³-hybridized carbons (Fsp3) is 0.278. The first-order valence-corrected chi connectivity index (χ1v) is 7.06. The van der Waals surface area contributed by atoms with E-state index < -0.39 is 0 Å². The Bertz CT molecular complexity index is 632. The third-order valence-corrected chi connectivity index (χ3v) is 3.55. The van der Waals surface area contributed by atoms with Crippen LogP contribution in [0.1, 0.15) is 21.5 Å². The van der Waals surface area contributed by atoms with E-state index in [1.807, 2.05) is 30.3 Å². The van der Waals surface area contributed by atoms with Gasteiger partial charge in [-0.05, 0) is 54.3 Å². The molecule has 0 amide bonds. The summed E-state index contributed by atoms with van der Waals surface area (Å²) in [5.74, 6) is 1.35. The number of esters is 1. The summed E-state index contributed by atoms with van der Waals surface area (Å²) in [6.07, 6.45) is 1.68. The number of carbonyl (C=O) groups excluding carboxylic acids is 1. The van der Waals surface area contributed by atoms with Crippen LogP contribution >= 0.6 is 0 Å². The van der Waals surface area contributed by atoms with Gasteiger partial charge in [-0.1, -0.05) is 12.1 Å². The smallest absolute Gasteiger partial charge is 0.337 e. The second kappa shape index (κ2) is 7.50. The van der Waals surface area contributed by atoms with Gasteiger partial charge in [0.2, 0.25) is 0 Å². The molecule has 2 aromatic rings. The summed E-state index contributed by atoms with van der Waals surface area (Å²) in [5, 5.41) is 0. The second-order valence-corrected chi connectivity index (χ2v) is 4.87. The van der Waals surface area contributed by atoms with E-state index in [9.17, 15) is 4.79 Å². The van der Waals surface area contributed by atoms with Crippen molar-refractivity contribution in [3.05, 3.63) is 59.2 Å². The minimum absolute atomic E-state index is 0.319. The topological polar surface area (TPSA) is 44.8 Å². The van der Waals surface area contributed by atoms with E-state index in [4.69, 9.17) is 14.2 Å². The lowest BCUT2D eigenvalue weighted by Crippen LogP contribution is -2.01. The zero-order valence-corrected chi connectivity index (χ0v) is 13.1. The van der Waals surface area contributed by atoms with Crippen molar-refractivity contribution in [2.45, 2.75) is 12.8 Å². The average molecular weight is 300 g/mol. The number of benzene rings is 2. The first kappa shape index (κ1) is 15.9. The molecule has 0 aliphatic heterocycles. The van der Waals surface area contributed by atoms with Gasteiger partial charge in [-0.15, -0.1) is 0 Å². The standard InChI is InChI=1S/C18H20O4/c1-20-16-10-11-17(21-2)15(12-16)9-6-13-4-7-14(8-5-13)18(19)22-3/h4-5,7-8,10-12H,6,9H2,1-3H3. The molecule has 0 unspecified atom stereocenters. The van der Waals surface area contributed by atoms with Crippen molar-refractivity contribution >= 4 is 5.97 Å². The fourth-order valence-electron chi connectivity index (χ4n) is 2.28. The first-order chi connectivity index (χ1) is 10.7. The van der Waals surface area contributed by atoms with Crippen molar-refractivity contribution in [1.82, 2.24) is 0 Å². The molecule has 0 aliphatic carbocycles. The minimum atomic E-state index is -0.319. The van der Waals surface area contributed by atoms with Gasteiger partial charge in [-0.2, -0.15) is 0 Å². The Balaban J connectivity index is 2.08. The molecule has 0 fully saturated rings. The summed E-state index contributed by atoms with van der Waals surface area (Å²) in [4.78, 5) is 11.4. The molecule has 4 nitrogen and oxygen atoms in total. The van der Waals surface area contributed by atoms with Crippen LogP contribution in [0.5, 0.6) is 11.5 Å². The third kappa shape index (κ3) is 3.79. The van der Waals surface area contributed by atoms with Gasteiger partial charge in [0.1, 0.15) is 11.5 Å². The molecule has 0 atom stereocenters. The Morgan fingerprint density at radius 3 is 2.23 bits per heavy atom. The van der Waals surface area contributed by atoms with Crippen LogP contribution in [0.2, 0.25) is 0 Å². The normalized spacial score (nSPS) is 10.1. The van der Waals surface area contributed by atoms with Gasteiger partial charge in [0.25, 0.3) is 0 Å². The van der Waals surface area contributed by atoms with E-state index in [1.54, 1.807) is 26.4 Å². The van der Waals surface area contributed by atoms with E-state index in [1.165, 1.54) is 7.11 Å². The summed E-state index contributed by atoms with van der Waals surface area (Å²) in [6.45, 7) is 0. The van der Waals surface area contributed by atoms with Crippen LogP contribution in [0.4, 0.5) is 0 Å². The lowest BCUT2D eigenvalue weighted by molar-refractivity contribution is 0.0600. The molecule has 0 heterocycles. The van der Waals surface area contributed by atoms with Gasteiger partial charge in [0.05, 0.1) is 26.9 Å². The van der Waals surface area contributed by atoms with Crippen LogP contribution in [-0.2, 0) is 17.6 Å². The molecule has 0 saturated heterocycles. The highest BCUT2D eigenvalue weighted by Gasteiger charge is 2.07. The largest absolute Gasteiger partial charge is 0.497 e. The van der Waals surface area contributed by atoms with Gasteiger partial charge < -0.3 is 14.2 Å². The van der Waals surface area contributed by atoms with Crippen LogP contribution in [0.25, 0.3) is 0 Å². The van der Waals surface area contributed by atoms with Crippen molar-refractivity contribution in [2.24, 2.45) is 0 Å². The fourth-order valence-corrected chi connectivity index (χ4v) is 2.28. The highest BCUT2D eigenvalue weighted by Crippen LogP contribution is 2.25. The van der Waals surface area contributed by atoms with E-state index in [-0.39, 0.29) is 5.97 Å². The summed E-state index contributed by atoms with van der Waals surface area (Å²) < 4.78 is 15.3. The van der Waals surface area contributed by atoms with Gasteiger partial charge in [-0.3, -0.25) is 0 Å². The molecule has 4 heteroatoms. The summed E-state index contributed by atoms with van der Waals surface area (Å²) in [6, 6.07) is 13.2.